The summed E-state index contributed by atoms with van der Waals surface area (Å²) in [5.41, 5.74) is 2.45. The number of nitriles is 1. The number of hydrogen-bond donors (Lipinski definition) is 0. The van der Waals surface area contributed by atoms with Crippen molar-refractivity contribution in [2.24, 2.45) is 0 Å². The van der Waals surface area contributed by atoms with E-state index in [1.807, 2.05) is 54.6 Å². The van der Waals surface area contributed by atoms with Gasteiger partial charge in [0.15, 0.2) is 11.5 Å². The highest BCUT2D eigenvalue weighted by Crippen LogP contribution is 2.33. The van der Waals surface area contributed by atoms with Crippen LogP contribution in [0.3, 0.4) is 0 Å². The SMILES string of the molecule is N#CC(=Cc1ccc2c(c1)OCO2)c1ccccc1. The summed E-state index contributed by atoms with van der Waals surface area (Å²) in [6.45, 7) is 0.256. The molecule has 3 rings (SSSR count). The van der Waals surface area contributed by atoms with Crippen LogP contribution in [0.4, 0.5) is 0 Å². The minimum absolute atomic E-state index is 0.256. The number of allylic oxidation sites excluding steroid dienone is 1. The first kappa shape index (κ1) is 11.4. The first-order valence-corrected chi connectivity index (χ1v) is 5.94. The maximum atomic E-state index is 9.26. The molecule has 1 aliphatic rings. The van der Waals surface area contributed by atoms with Crippen molar-refractivity contribution >= 4 is 11.6 Å². The quantitative estimate of drug-likeness (QED) is 0.604. The zero-order chi connectivity index (χ0) is 13.1. The second-order valence-electron chi connectivity index (χ2n) is 4.15. The molecule has 1 heterocycles. The number of ether oxygens (including phenoxy) is 2. The van der Waals surface area contributed by atoms with Gasteiger partial charge in [0.1, 0.15) is 0 Å². The molecule has 0 radical (unpaired) electrons. The lowest BCUT2D eigenvalue weighted by molar-refractivity contribution is 0.174. The molecule has 0 aliphatic carbocycles. The molecule has 0 atom stereocenters. The van der Waals surface area contributed by atoms with E-state index in [-0.39, 0.29) is 6.79 Å². The van der Waals surface area contributed by atoms with Crippen LogP contribution in [0.25, 0.3) is 11.6 Å². The lowest BCUT2D eigenvalue weighted by Gasteiger charge is -2.01. The highest BCUT2D eigenvalue weighted by Gasteiger charge is 2.12. The molecule has 0 amide bonds. The molecule has 0 bridgehead atoms. The van der Waals surface area contributed by atoms with Gasteiger partial charge in [0.25, 0.3) is 0 Å². The summed E-state index contributed by atoms with van der Waals surface area (Å²) in [4.78, 5) is 0. The predicted molar refractivity (Wildman–Crippen MR) is 72.5 cm³/mol. The van der Waals surface area contributed by atoms with Gasteiger partial charge in [0.2, 0.25) is 6.79 Å². The van der Waals surface area contributed by atoms with Gasteiger partial charge in [-0.05, 0) is 29.3 Å². The van der Waals surface area contributed by atoms with Gasteiger partial charge in [0, 0.05) is 0 Å². The van der Waals surface area contributed by atoms with Crippen molar-refractivity contribution in [1.82, 2.24) is 0 Å². The minimum Gasteiger partial charge on any atom is -0.454 e. The average molecular weight is 249 g/mol. The Bertz CT molecular complexity index is 669. The van der Waals surface area contributed by atoms with E-state index in [1.54, 1.807) is 0 Å². The molecule has 0 fully saturated rings. The zero-order valence-corrected chi connectivity index (χ0v) is 10.2. The Morgan fingerprint density at radius 3 is 2.63 bits per heavy atom. The Balaban J connectivity index is 1.98. The van der Waals surface area contributed by atoms with Gasteiger partial charge in [-0.25, -0.2) is 0 Å². The molecule has 92 valence electrons. The van der Waals surface area contributed by atoms with Crippen molar-refractivity contribution in [2.75, 3.05) is 6.79 Å². The number of benzene rings is 2. The summed E-state index contributed by atoms with van der Waals surface area (Å²) in [5.74, 6) is 1.47. The first-order chi connectivity index (χ1) is 9.36. The topological polar surface area (TPSA) is 42.2 Å². The number of nitrogens with zero attached hydrogens (tertiary/aromatic N) is 1. The maximum absolute atomic E-state index is 9.26. The van der Waals surface area contributed by atoms with Gasteiger partial charge >= 0.3 is 0 Å². The molecule has 3 nitrogen and oxygen atoms in total. The van der Waals surface area contributed by atoms with Crippen LogP contribution in [-0.2, 0) is 0 Å². The standard InChI is InChI=1S/C16H11NO2/c17-10-14(13-4-2-1-3-5-13)8-12-6-7-15-16(9-12)19-11-18-15/h1-9H,11H2. The van der Waals surface area contributed by atoms with Crippen molar-refractivity contribution in [3.8, 4) is 17.6 Å². The van der Waals surface area contributed by atoms with Crippen molar-refractivity contribution in [3.05, 3.63) is 59.7 Å². The third-order valence-electron chi connectivity index (χ3n) is 2.91. The van der Waals surface area contributed by atoms with Crippen molar-refractivity contribution in [3.63, 3.8) is 0 Å². The van der Waals surface area contributed by atoms with E-state index in [9.17, 15) is 5.26 Å². The molecule has 2 aromatic carbocycles. The fourth-order valence-corrected chi connectivity index (χ4v) is 1.97. The van der Waals surface area contributed by atoms with E-state index in [0.29, 0.717) is 5.57 Å². The lowest BCUT2D eigenvalue weighted by atomic mass is 10.0. The van der Waals surface area contributed by atoms with Crippen LogP contribution in [-0.4, -0.2) is 6.79 Å². The fraction of sp³-hybridized carbons (Fsp3) is 0.0625. The molecule has 0 saturated carbocycles. The summed E-state index contributed by atoms with van der Waals surface area (Å²) < 4.78 is 10.6. The third-order valence-corrected chi connectivity index (χ3v) is 2.91. The minimum atomic E-state index is 0.256. The molecule has 3 heteroatoms. The van der Waals surface area contributed by atoms with E-state index < -0.39 is 0 Å². The molecule has 0 saturated heterocycles. The Hall–Kier alpha value is -2.73. The van der Waals surface area contributed by atoms with E-state index in [0.717, 1.165) is 22.6 Å². The number of fused-ring (bicyclic) bond motifs is 1. The van der Waals surface area contributed by atoms with E-state index in [4.69, 9.17) is 9.47 Å². The number of rotatable bonds is 2. The Kier molecular flexibility index (Phi) is 2.91. The molecule has 19 heavy (non-hydrogen) atoms. The Labute approximate surface area is 111 Å². The summed E-state index contributed by atoms with van der Waals surface area (Å²) in [6.07, 6.45) is 1.84. The summed E-state index contributed by atoms with van der Waals surface area (Å²) in [5, 5.41) is 9.26. The third kappa shape index (κ3) is 2.29. The normalized spacial score (nSPS) is 13.1. The van der Waals surface area contributed by atoms with Crippen LogP contribution in [0.1, 0.15) is 11.1 Å². The van der Waals surface area contributed by atoms with Crippen LogP contribution < -0.4 is 9.47 Å². The van der Waals surface area contributed by atoms with E-state index in [2.05, 4.69) is 6.07 Å². The molecule has 1 aliphatic heterocycles. The molecule has 2 aromatic rings. The van der Waals surface area contributed by atoms with Gasteiger partial charge in [-0.15, -0.1) is 0 Å². The van der Waals surface area contributed by atoms with E-state index >= 15 is 0 Å². The highest BCUT2D eigenvalue weighted by atomic mass is 16.7. The predicted octanol–water partition coefficient (Wildman–Crippen LogP) is 3.48. The smallest absolute Gasteiger partial charge is 0.231 e. The van der Waals surface area contributed by atoms with E-state index in [1.165, 1.54) is 0 Å². The molecular weight excluding hydrogens is 238 g/mol. The maximum Gasteiger partial charge on any atom is 0.231 e. The van der Waals surface area contributed by atoms with Crippen molar-refractivity contribution in [1.29, 1.82) is 5.26 Å². The Morgan fingerprint density at radius 1 is 1.05 bits per heavy atom. The van der Waals surface area contributed by atoms with Crippen molar-refractivity contribution in [2.45, 2.75) is 0 Å². The summed E-state index contributed by atoms with van der Waals surface area (Å²) in [6, 6.07) is 17.5. The van der Waals surface area contributed by atoms with Crippen LogP contribution in [0, 0.1) is 11.3 Å². The largest absolute Gasteiger partial charge is 0.454 e. The molecule has 0 spiro atoms. The second kappa shape index (κ2) is 4.87. The van der Waals surface area contributed by atoms with Gasteiger partial charge in [-0.1, -0.05) is 36.4 Å². The highest BCUT2D eigenvalue weighted by molar-refractivity contribution is 5.89. The van der Waals surface area contributed by atoms with Gasteiger partial charge in [0.05, 0.1) is 11.6 Å². The van der Waals surface area contributed by atoms with Gasteiger partial charge in [-0.3, -0.25) is 0 Å². The lowest BCUT2D eigenvalue weighted by Crippen LogP contribution is -1.92. The zero-order valence-electron chi connectivity index (χ0n) is 10.2. The Morgan fingerprint density at radius 2 is 1.84 bits per heavy atom. The van der Waals surface area contributed by atoms with Gasteiger partial charge < -0.3 is 9.47 Å². The molecule has 0 N–H and O–H groups in total. The number of hydrogen-bond acceptors (Lipinski definition) is 3. The summed E-state index contributed by atoms with van der Waals surface area (Å²) in [7, 11) is 0. The molecule has 0 unspecified atom stereocenters. The van der Waals surface area contributed by atoms with Crippen LogP contribution in [0.5, 0.6) is 11.5 Å². The molecular formula is C16H11NO2. The summed E-state index contributed by atoms with van der Waals surface area (Å²) >= 11 is 0. The van der Waals surface area contributed by atoms with Crippen LogP contribution >= 0.6 is 0 Å². The average Bonchev–Trinajstić information content (AvgIpc) is 2.93. The van der Waals surface area contributed by atoms with Crippen LogP contribution in [0.2, 0.25) is 0 Å². The molecule has 0 aromatic heterocycles. The van der Waals surface area contributed by atoms with Crippen molar-refractivity contribution < 1.29 is 9.47 Å². The second-order valence-corrected chi connectivity index (χ2v) is 4.15. The monoisotopic (exact) mass is 249 g/mol. The fourth-order valence-electron chi connectivity index (χ4n) is 1.97. The first-order valence-electron chi connectivity index (χ1n) is 5.94. The van der Waals surface area contributed by atoms with Crippen LogP contribution in [0.15, 0.2) is 48.5 Å². The van der Waals surface area contributed by atoms with Gasteiger partial charge in [-0.2, -0.15) is 5.26 Å².